The molecule has 0 aliphatic rings. The number of nitrogens with two attached hydrogens (primary N) is 1. The Hall–Kier alpha value is -2.12. The van der Waals surface area contributed by atoms with Gasteiger partial charge in [0.15, 0.2) is 5.82 Å². The molecule has 0 unspecified atom stereocenters. The minimum Gasteiger partial charge on any atom is -0.333 e. The molecule has 0 aliphatic heterocycles. The molecule has 0 atom stereocenters. The van der Waals surface area contributed by atoms with Crippen LogP contribution in [0, 0.1) is 12.7 Å². The highest BCUT2D eigenvalue weighted by Crippen LogP contribution is 2.28. The molecule has 1 aromatic carbocycles. The fourth-order valence-corrected chi connectivity index (χ4v) is 2.83. The number of benzene rings is 1. The van der Waals surface area contributed by atoms with E-state index in [1.165, 1.54) is 17.4 Å². The summed E-state index contributed by atoms with van der Waals surface area (Å²) in [4.78, 5) is 9.44. The molecule has 0 bridgehead atoms. The summed E-state index contributed by atoms with van der Waals surface area (Å²) in [5, 5.41) is 4.72. The average molecular weight is 304 g/mol. The monoisotopic (exact) mass is 304 g/mol. The molecule has 0 saturated carbocycles. The van der Waals surface area contributed by atoms with Crippen LogP contribution in [-0.4, -0.2) is 15.1 Å². The number of rotatable bonds is 4. The summed E-state index contributed by atoms with van der Waals surface area (Å²) < 4.78 is 18.9. The maximum absolute atomic E-state index is 13.6. The van der Waals surface area contributed by atoms with Crippen LogP contribution >= 0.6 is 11.3 Å². The lowest BCUT2D eigenvalue weighted by molar-refractivity contribution is 0.424. The molecule has 0 saturated heterocycles. The maximum atomic E-state index is 13.6. The molecule has 0 radical (unpaired) electrons. The van der Waals surface area contributed by atoms with E-state index >= 15 is 0 Å². The predicted octanol–water partition coefficient (Wildman–Crippen LogP) is 2.69. The van der Waals surface area contributed by atoms with E-state index in [4.69, 9.17) is 10.3 Å². The van der Waals surface area contributed by atoms with Gasteiger partial charge in [0.2, 0.25) is 0 Å². The van der Waals surface area contributed by atoms with Crippen molar-refractivity contribution in [2.45, 2.75) is 19.9 Å². The minimum atomic E-state index is -0.275. The molecule has 0 fully saturated rings. The maximum Gasteiger partial charge on any atom is 0.269 e. The minimum absolute atomic E-state index is 0.275. The molecule has 0 aliphatic carbocycles. The summed E-state index contributed by atoms with van der Waals surface area (Å²) in [7, 11) is 0. The van der Waals surface area contributed by atoms with Crippen LogP contribution in [-0.2, 0) is 13.0 Å². The van der Waals surface area contributed by atoms with Crippen LogP contribution in [0.4, 0.5) is 4.39 Å². The molecule has 108 valence electrons. The topological polar surface area (TPSA) is 77.8 Å². The largest absolute Gasteiger partial charge is 0.333 e. The molecular formula is C14H13FN4OS. The van der Waals surface area contributed by atoms with Crippen molar-refractivity contribution in [3.05, 3.63) is 52.2 Å². The zero-order valence-electron chi connectivity index (χ0n) is 11.3. The highest BCUT2D eigenvalue weighted by Gasteiger charge is 2.16. The Kier molecular flexibility index (Phi) is 3.76. The molecule has 3 aromatic rings. The third-order valence-corrected chi connectivity index (χ3v) is 4.15. The van der Waals surface area contributed by atoms with Gasteiger partial charge in [-0.05, 0) is 18.6 Å². The van der Waals surface area contributed by atoms with Gasteiger partial charge >= 0.3 is 0 Å². The molecular weight excluding hydrogens is 291 g/mol. The van der Waals surface area contributed by atoms with Crippen molar-refractivity contribution in [2.24, 2.45) is 5.73 Å². The standard InChI is InChI=1S/C14H13FN4OS/c1-8-13(21-12(7-16)17-8)14-18-11(19-20-14)6-9-4-2-3-5-10(9)15/h2-5H,6-7,16H2,1H3. The van der Waals surface area contributed by atoms with Crippen LogP contribution in [0.1, 0.15) is 22.1 Å². The van der Waals surface area contributed by atoms with Crippen LogP contribution in [0.25, 0.3) is 10.8 Å². The van der Waals surface area contributed by atoms with Crippen LogP contribution in [0.3, 0.4) is 0 Å². The molecule has 5 nitrogen and oxygen atoms in total. The molecule has 0 amide bonds. The van der Waals surface area contributed by atoms with E-state index in [-0.39, 0.29) is 12.2 Å². The summed E-state index contributed by atoms with van der Waals surface area (Å²) in [5.41, 5.74) is 6.92. The second kappa shape index (κ2) is 5.71. The Labute approximate surface area is 124 Å². The smallest absolute Gasteiger partial charge is 0.269 e. The summed E-state index contributed by atoms with van der Waals surface area (Å²) in [5.74, 6) is 0.566. The van der Waals surface area contributed by atoms with Gasteiger partial charge in [0.1, 0.15) is 15.7 Å². The van der Waals surface area contributed by atoms with Crippen molar-refractivity contribution in [3.8, 4) is 10.8 Å². The fourth-order valence-electron chi connectivity index (χ4n) is 1.97. The normalized spacial score (nSPS) is 11.0. The fraction of sp³-hybridized carbons (Fsp3) is 0.214. The number of aryl methyl sites for hydroxylation is 1. The third kappa shape index (κ3) is 2.84. The van der Waals surface area contributed by atoms with Gasteiger partial charge in [-0.2, -0.15) is 4.98 Å². The number of hydrogen-bond acceptors (Lipinski definition) is 6. The van der Waals surface area contributed by atoms with E-state index in [1.54, 1.807) is 18.2 Å². The lowest BCUT2D eigenvalue weighted by atomic mass is 10.1. The van der Waals surface area contributed by atoms with E-state index in [2.05, 4.69) is 15.1 Å². The Morgan fingerprint density at radius 3 is 2.81 bits per heavy atom. The highest BCUT2D eigenvalue weighted by molar-refractivity contribution is 7.15. The van der Waals surface area contributed by atoms with E-state index < -0.39 is 0 Å². The van der Waals surface area contributed by atoms with Crippen molar-refractivity contribution in [3.63, 3.8) is 0 Å². The first kappa shape index (κ1) is 13.8. The van der Waals surface area contributed by atoms with Gasteiger partial charge in [-0.25, -0.2) is 9.37 Å². The predicted molar refractivity (Wildman–Crippen MR) is 77.2 cm³/mol. The number of thiazole rings is 1. The van der Waals surface area contributed by atoms with E-state index in [1.807, 2.05) is 6.92 Å². The first-order valence-corrected chi connectivity index (χ1v) is 7.21. The van der Waals surface area contributed by atoms with Gasteiger partial charge in [-0.15, -0.1) is 11.3 Å². The van der Waals surface area contributed by atoms with Crippen molar-refractivity contribution in [1.29, 1.82) is 0 Å². The summed E-state index contributed by atoms with van der Waals surface area (Å²) in [6.45, 7) is 2.24. The molecule has 3 rings (SSSR count). The second-order valence-electron chi connectivity index (χ2n) is 4.51. The zero-order chi connectivity index (χ0) is 14.8. The van der Waals surface area contributed by atoms with E-state index in [0.717, 1.165) is 15.6 Å². The van der Waals surface area contributed by atoms with Gasteiger partial charge in [0.25, 0.3) is 5.89 Å². The van der Waals surface area contributed by atoms with Crippen LogP contribution in [0.2, 0.25) is 0 Å². The Bertz CT molecular complexity index is 768. The van der Waals surface area contributed by atoms with Crippen molar-refractivity contribution < 1.29 is 8.91 Å². The number of aromatic nitrogens is 3. The summed E-state index contributed by atoms with van der Waals surface area (Å²) >= 11 is 1.43. The van der Waals surface area contributed by atoms with Crippen LogP contribution in [0.5, 0.6) is 0 Å². The van der Waals surface area contributed by atoms with Crippen molar-refractivity contribution in [1.82, 2.24) is 15.1 Å². The van der Waals surface area contributed by atoms with Gasteiger partial charge < -0.3 is 10.3 Å². The van der Waals surface area contributed by atoms with E-state index in [0.29, 0.717) is 23.8 Å². The first-order chi connectivity index (χ1) is 10.2. The molecule has 2 heterocycles. The van der Waals surface area contributed by atoms with Gasteiger partial charge in [0, 0.05) is 13.0 Å². The zero-order valence-corrected chi connectivity index (χ0v) is 12.2. The third-order valence-electron chi connectivity index (χ3n) is 2.98. The molecule has 2 aromatic heterocycles. The Balaban J connectivity index is 1.86. The lowest BCUT2D eigenvalue weighted by Gasteiger charge is -1.97. The summed E-state index contributed by atoms with van der Waals surface area (Å²) in [6.07, 6.45) is 0.289. The van der Waals surface area contributed by atoms with Crippen LogP contribution < -0.4 is 5.73 Å². The Morgan fingerprint density at radius 2 is 2.10 bits per heavy atom. The van der Waals surface area contributed by atoms with E-state index in [9.17, 15) is 4.39 Å². The molecule has 21 heavy (non-hydrogen) atoms. The molecule has 0 spiro atoms. The van der Waals surface area contributed by atoms with Gasteiger partial charge in [-0.3, -0.25) is 0 Å². The number of halogens is 1. The Morgan fingerprint density at radius 1 is 1.29 bits per heavy atom. The number of hydrogen-bond donors (Lipinski definition) is 1. The molecule has 7 heteroatoms. The average Bonchev–Trinajstić information content (AvgIpc) is 3.07. The second-order valence-corrected chi connectivity index (χ2v) is 5.59. The SMILES string of the molecule is Cc1nc(CN)sc1-c1nc(Cc2ccccc2F)no1. The van der Waals surface area contributed by atoms with Gasteiger partial charge in [0.05, 0.1) is 5.69 Å². The summed E-state index contributed by atoms with van der Waals surface area (Å²) in [6, 6.07) is 6.54. The van der Waals surface area contributed by atoms with Gasteiger partial charge in [-0.1, -0.05) is 23.4 Å². The van der Waals surface area contributed by atoms with Crippen LogP contribution in [0.15, 0.2) is 28.8 Å². The quantitative estimate of drug-likeness (QED) is 0.802. The highest BCUT2D eigenvalue weighted by atomic mass is 32.1. The molecule has 2 N–H and O–H groups in total. The number of nitrogens with zero attached hydrogens (tertiary/aromatic N) is 3. The van der Waals surface area contributed by atoms with Crippen molar-refractivity contribution >= 4 is 11.3 Å². The van der Waals surface area contributed by atoms with Crippen molar-refractivity contribution in [2.75, 3.05) is 0 Å². The first-order valence-electron chi connectivity index (χ1n) is 6.40. The lowest BCUT2D eigenvalue weighted by Crippen LogP contribution is -1.94.